The number of aromatic nitrogens is 2. The molecule has 7 nitrogen and oxygen atoms in total. The number of nitrogens with one attached hydrogen (secondary N) is 1. The molecule has 2 heterocycles. The van der Waals surface area contributed by atoms with Crippen LogP contribution in [0.15, 0.2) is 48.5 Å². The van der Waals surface area contributed by atoms with Gasteiger partial charge in [0.15, 0.2) is 0 Å². The number of rotatable bonds is 4. The first-order chi connectivity index (χ1) is 12.5. The van der Waals surface area contributed by atoms with Gasteiger partial charge in [-0.25, -0.2) is 14.6 Å². The Morgan fingerprint density at radius 2 is 1.88 bits per heavy atom. The zero-order valence-electron chi connectivity index (χ0n) is 14.1. The predicted octanol–water partition coefficient (Wildman–Crippen LogP) is 3.58. The molecule has 0 spiro atoms. The lowest BCUT2D eigenvalue weighted by atomic mass is 10.2. The molecule has 0 aliphatic heterocycles. The second-order valence-electron chi connectivity index (χ2n) is 5.45. The summed E-state index contributed by atoms with van der Waals surface area (Å²) < 4.78 is 12.5. The topological polar surface area (TPSA) is 81.9 Å². The van der Waals surface area contributed by atoms with Crippen LogP contribution >= 0.6 is 22.6 Å². The van der Waals surface area contributed by atoms with Crippen LogP contribution in [0.4, 0.5) is 4.79 Å². The van der Waals surface area contributed by atoms with Gasteiger partial charge in [-0.15, -0.1) is 0 Å². The number of imidazole rings is 1. The molecule has 0 fully saturated rings. The highest BCUT2D eigenvalue weighted by Crippen LogP contribution is 2.23. The largest absolute Gasteiger partial charge is 0.464 e. The lowest BCUT2D eigenvalue weighted by molar-refractivity contribution is 0.0592. The maximum atomic E-state index is 12.1. The van der Waals surface area contributed by atoms with Crippen molar-refractivity contribution in [3.05, 3.63) is 63.6 Å². The first kappa shape index (κ1) is 18.2. The molecule has 0 saturated carbocycles. The summed E-state index contributed by atoms with van der Waals surface area (Å²) in [7, 11) is 1.33. The van der Waals surface area contributed by atoms with Gasteiger partial charge in [-0.1, -0.05) is 24.3 Å². The summed E-state index contributed by atoms with van der Waals surface area (Å²) >= 11 is 2.10. The van der Waals surface area contributed by atoms with Gasteiger partial charge in [-0.05, 0) is 53.8 Å². The van der Waals surface area contributed by atoms with E-state index in [-0.39, 0.29) is 0 Å². The number of halogens is 1. The number of amides is 1. The number of carbonyl (C=O) groups is 2. The van der Waals surface area contributed by atoms with Crippen molar-refractivity contribution in [3.63, 3.8) is 0 Å². The zero-order valence-corrected chi connectivity index (χ0v) is 16.3. The molecule has 0 radical (unpaired) electrons. The van der Waals surface area contributed by atoms with Crippen LogP contribution in [0.5, 0.6) is 5.75 Å². The number of esters is 1. The van der Waals surface area contributed by atoms with E-state index in [1.54, 1.807) is 53.8 Å². The van der Waals surface area contributed by atoms with E-state index in [2.05, 4.69) is 32.9 Å². The molecule has 26 heavy (non-hydrogen) atoms. The molecule has 3 aromatic rings. The van der Waals surface area contributed by atoms with Crippen LogP contribution in [0.3, 0.4) is 0 Å². The molecule has 134 valence electrons. The summed E-state index contributed by atoms with van der Waals surface area (Å²) in [6.45, 7) is 1.80. The molecule has 1 atom stereocenters. The molecule has 0 bridgehead atoms. The fourth-order valence-corrected chi connectivity index (χ4v) is 3.58. The second-order valence-corrected chi connectivity index (χ2v) is 6.47. The molecule has 1 unspecified atom stereocenters. The first-order valence-electron chi connectivity index (χ1n) is 7.80. The minimum Gasteiger partial charge on any atom is -0.464 e. The molecule has 3 rings (SSSR count). The van der Waals surface area contributed by atoms with Gasteiger partial charge in [0.2, 0.25) is 0 Å². The number of benzene rings is 1. The Labute approximate surface area is 163 Å². The van der Waals surface area contributed by atoms with Crippen LogP contribution in [0, 0.1) is 3.70 Å². The lowest BCUT2D eigenvalue weighted by Crippen LogP contribution is -2.30. The quantitative estimate of drug-likeness (QED) is 0.471. The average molecular weight is 465 g/mol. The van der Waals surface area contributed by atoms with Crippen molar-refractivity contribution < 1.29 is 19.1 Å². The van der Waals surface area contributed by atoms with E-state index in [1.807, 2.05) is 6.07 Å². The summed E-state index contributed by atoms with van der Waals surface area (Å²) in [5.74, 6) is -0.00329. The van der Waals surface area contributed by atoms with E-state index in [4.69, 9.17) is 9.47 Å². The van der Waals surface area contributed by atoms with Crippen molar-refractivity contribution in [2.45, 2.75) is 13.0 Å². The minimum atomic E-state index is -0.579. The van der Waals surface area contributed by atoms with Gasteiger partial charge in [0.05, 0.1) is 18.8 Å². The Bertz CT molecular complexity index is 956. The maximum absolute atomic E-state index is 12.1. The zero-order chi connectivity index (χ0) is 18.7. The van der Waals surface area contributed by atoms with Gasteiger partial charge in [0, 0.05) is 0 Å². The van der Waals surface area contributed by atoms with Crippen LogP contribution in [0.25, 0.3) is 5.65 Å². The Morgan fingerprint density at radius 1 is 1.15 bits per heavy atom. The van der Waals surface area contributed by atoms with E-state index in [9.17, 15) is 9.59 Å². The maximum Gasteiger partial charge on any atom is 0.413 e. The number of para-hydroxylation sites is 1. The first-order valence-corrected chi connectivity index (χ1v) is 8.87. The van der Waals surface area contributed by atoms with Gasteiger partial charge in [0.25, 0.3) is 0 Å². The van der Waals surface area contributed by atoms with Gasteiger partial charge in [0.1, 0.15) is 20.8 Å². The molecule has 0 saturated heterocycles. The van der Waals surface area contributed by atoms with Gasteiger partial charge in [-0.3, -0.25) is 4.40 Å². The number of ether oxygens (including phenoxy) is 2. The number of carbonyl (C=O) groups excluding carboxylic acids is 2. The Morgan fingerprint density at radius 3 is 2.58 bits per heavy atom. The van der Waals surface area contributed by atoms with Crippen LogP contribution < -0.4 is 10.1 Å². The molecular formula is C18H16IN3O4. The molecule has 2 aromatic heterocycles. The molecule has 1 aromatic carbocycles. The highest BCUT2D eigenvalue weighted by Gasteiger charge is 2.22. The molecule has 1 amide bonds. The lowest BCUT2D eigenvalue weighted by Gasteiger charge is -2.12. The van der Waals surface area contributed by atoms with Gasteiger partial charge >= 0.3 is 12.1 Å². The third-order valence-electron chi connectivity index (χ3n) is 3.70. The molecule has 1 N–H and O–H groups in total. The van der Waals surface area contributed by atoms with Crippen molar-refractivity contribution >= 4 is 40.3 Å². The smallest absolute Gasteiger partial charge is 0.413 e. The van der Waals surface area contributed by atoms with E-state index >= 15 is 0 Å². The van der Waals surface area contributed by atoms with E-state index in [0.717, 1.165) is 0 Å². The number of fused-ring (bicyclic) bond motifs is 1. The molecule has 8 heteroatoms. The fourth-order valence-electron chi connectivity index (χ4n) is 2.49. The SMILES string of the molecule is COC(=O)c1cccc2nc(C(C)NC(=O)Oc3ccccc3)c(I)n12. The summed E-state index contributed by atoms with van der Waals surface area (Å²) in [6.07, 6.45) is -0.579. The fraction of sp³-hybridized carbons (Fsp3) is 0.167. The van der Waals surface area contributed by atoms with Crippen molar-refractivity contribution in [1.82, 2.24) is 14.7 Å². The van der Waals surface area contributed by atoms with E-state index in [0.29, 0.717) is 26.5 Å². The second kappa shape index (κ2) is 7.73. The highest BCUT2D eigenvalue weighted by atomic mass is 127. The average Bonchev–Trinajstić information content (AvgIpc) is 2.99. The Kier molecular flexibility index (Phi) is 5.40. The normalized spacial score (nSPS) is 11.8. The van der Waals surface area contributed by atoms with Crippen LogP contribution in [0.1, 0.15) is 29.1 Å². The van der Waals surface area contributed by atoms with Crippen molar-refractivity contribution in [3.8, 4) is 5.75 Å². The molecule has 0 aliphatic rings. The van der Waals surface area contributed by atoms with Gasteiger partial charge < -0.3 is 14.8 Å². The highest BCUT2D eigenvalue weighted by molar-refractivity contribution is 14.1. The predicted molar refractivity (Wildman–Crippen MR) is 103 cm³/mol. The summed E-state index contributed by atoms with van der Waals surface area (Å²) in [5.41, 5.74) is 1.59. The number of methoxy groups -OCH3 is 1. The van der Waals surface area contributed by atoms with Crippen LogP contribution in [-0.4, -0.2) is 28.6 Å². The number of pyridine rings is 1. The standard InChI is InChI=1S/C18H16IN3O4/c1-11(20-18(24)26-12-7-4-3-5-8-12)15-16(19)22-13(17(23)25-2)9-6-10-14(22)21-15/h3-11H,1-2H3,(H,20,24). The third-order valence-corrected chi connectivity index (χ3v) is 4.74. The van der Waals surface area contributed by atoms with Crippen molar-refractivity contribution in [1.29, 1.82) is 0 Å². The van der Waals surface area contributed by atoms with Crippen LogP contribution in [-0.2, 0) is 4.74 Å². The summed E-state index contributed by atoms with van der Waals surface area (Å²) in [4.78, 5) is 28.6. The third kappa shape index (κ3) is 3.64. The molecular weight excluding hydrogens is 449 g/mol. The molecule has 0 aliphatic carbocycles. The Balaban J connectivity index is 1.84. The minimum absolute atomic E-state index is 0.368. The van der Waals surface area contributed by atoms with E-state index < -0.39 is 18.1 Å². The number of hydrogen-bond donors (Lipinski definition) is 1. The van der Waals surface area contributed by atoms with Gasteiger partial charge in [-0.2, -0.15) is 0 Å². The van der Waals surface area contributed by atoms with E-state index in [1.165, 1.54) is 7.11 Å². The Hall–Kier alpha value is -2.62. The summed E-state index contributed by atoms with van der Waals surface area (Å²) in [6, 6.07) is 13.6. The monoisotopic (exact) mass is 465 g/mol. The number of nitrogens with zero attached hydrogens (tertiary/aromatic N) is 2. The number of hydrogen-bond acceptors (Lipinski definition) is 5. The van der Waals surface area contributed by atoms with Crippen LogP contribution in [0.2, 0.25) is 0 Å². The van der Waals surface area contributed by atoms with Crippen molar-refractivity contribution in [2.75, 3.05) is 7.11 Å². The summed E-state index contributed by atoms with van der Waals surface area (Å²) in [5, 5.41) is 2.75. The van der Waals surface area contributed by atoms with Crippen molar-refractivity contribution in [2.24, 2.45) is 0 Å².